The highest BCUT2D eigenvalue weighted by molar-refractivity contribution is 6.36. The number of aromatic nitrogens is 1. The van der Waals surface area contributed by atoms with E-state index < -0.39 is 5.97 Å². The fraction of sp³-hybridized carbons (Fsp3) is 0. The van der Waals surface area contributed by atoms with E-state index in [-0.39, 0.29) is 5.56 Å². The first-order valence-corrected chi connectivity index (χ1v) is 8.47. The maximum absolute atomic E-state index is 11.6. The number of para-hydroxylation sites is 1. The van der Waals surface area contributed by atoms with Gasteiger partial charge >= 0.3 is 5.97 Å². The molecule has 2 aromatic carbocycles. The van der Waals surface area contributed by atoms with E-state index in [2.05, 4.69) is 4.98 Å². The van der Waals surface area contributed by atoms with Gasteiger partial charge < -0.3 is 9.52 Å². The molecule has 0 atom stereocenters. The minimum atomic E-state index is -1.02. The van der Waals surface area contributed by atoms with Crippen molar-refractivity contribution in [2.75, 3.05) is 0 Å². The van der Waals surface area contributed by atoms with Gasteiger partial charge in [0, 0.05) is 16.0 Å². The van der Waals surface area contributed by atoms with E-state index in [1.54, 1.807) is 48.5 Å². The molecule has 0 aliphatic rings. The Bertz CT molecular complexity index is 1150. The number of fused-ring (bicyclic) bond motifs is 1. The van der Waals surface area contributed by atoms with Crippen molar-refractivity contribution in [1.29, 1.82) is 0 Å². The Morgan fingerprint density at radius 3 is 2.50 bits per heavy atom. The van der Waals surface area contributed by atoms with Crippen LogP contribution in [0.3, 0.4) is 0 Å². The molecule has 0 aliphatic carbocycles. The highest BCUT2D eigenvalue weighted by atomic mass is 35.5. The molecule has 0 unspecified atom stereocenters. The molecule has 0 saturated heterocycles. The number of rotatable bonds is 3. The first kappa shape index (κ1) is 16.6. The molecule has 2 aromatic heterocycles. The van der Waals surface area contributed by atoms with Crippen LogP contribution < -0.4 is 0 Å². The minimum Gasteiger partial charge on any atom is -0.478 e. The van der Waals surface area contributed by atoms with Gasteiger partial charge in [-0.3, -0.25) is 0 Å². The van der Waals surface area contributed by atoms with Gasteiger partial charge in [0.15, 0.2) is 5.76 Å². The van der Waals surface area contributed by atoms with Crippen LogP contribution in [-0.4, -0.2) is 16.1 Å². The van der Waals surface area contributed by atoms with Crippen molar-refractivity contribution in [3.8, 4) is 22.8 Å². The predicted molar refractivity (Wildman–Crippen MR) is 102 cm³/mol. The van der Waals surface area contributed by atoms with Crippen LogP contribution in [0.5, 0.6) is 0 Å². The highest BCUT2D eigenvalue weighted by Gasteiger charge is 2.16. The minimum absolute atomic E-state index is 0.174. The molecule has 2 heterocycles. The van der Waals surface area contributed by atoms with E-state index in [4.69, 9.17) is 27.6 Å². The fourth-order valence-corrected chi connectivity index (χ4v) is 3.29. The Hall–Kier alpha value is -2.82. The lowest BCUT2D eigenvalue weighted by molar-refractivity contribution is 0.0699. The number of aromatic carboxylic acids is 1. The van der Waals surface area contributed by atoms with Crippen molar-refractivity contribution in [2.24, 2.45) is 0 Å². The number of hydrogen-bond acceptors (Lipinski definition) is 3. The number of pyridine rings is 1. The molecule has 0 spiro atoms. The zero-order chi connectivity index (χ0) is 18.3. The summed E-state index contributed by atoms with van der Waals surface area (Å²) in [5.41, 5.74) is 1.90. The van der Waals surface area contributed by atoms with Gasteiger partial charge in [0.25, 0.3) is 0 Å². The molecule has 0 aliphatic heterocycles. The quantitative estimate of drug-likeness (QED) is 0.459. The molecular formula is C20H11Cl2NO3. The van der Waals surface area contributed by atoms with Crippen LogP contribution in [0.4, 0.5) is 0 Å². The van der Waals surface area contributed by atoms with E-state index >= 15 is 0 Å². The Balaban J connectivity index is 1.84. The molecule has 0 amide bonds. The van der Waals surface area contributed by atoms with Crippen molar-refractivity contribution in [3.63, 3.8) is 0 Å². The molecule has 1 N–H and O–H groups in total. The lowest BCUT2D eigenvalue weighted by Gasteiger charge is -2.05. The standard InChI is InChI=1S/C20H11Cl2NO3/c21-11-5-6-13(15(22)9-11)18-7-8-19(26-18)17-10-14(20(24)25)12-3-1-2-4-16(12)23-17/h1-10H,(H,24,25). The molecule has 4 rings (SSSR count). The zero-order valence-electron chi connectivity index (χ0n) is 13.2. The van der Waals surface area contributed by atoms with Gasteiger partial charge in [0.2, 0.25) is 0 Å². The summed E-state index contributed by atoms with van der Waals surface area (Å²) < 4.78 is 5.88. The molecule has 26 heavy (non-hydrogen) atoms. The second kappa shape index (κ2) is 6.48. The second-order valence-corrected chi connectivity index (χ2v) is 6.51. The maximum atomic E-state index is 11.6. The molecule has 0 fully saturated rings. The van der Waals surface area contributed by atoms with E-state index in [1.807, 2.05) is 6.07 Å². The third-order valence-electron chi connectivity index (χ3n) is 4.00. The second-order valence-electron chi connectivity index (χ2n) is 5.67. The van der Waals surface area contributed by atoms with Gasteiger partial charge in [-0.1, -0.05) is 41.4 Å². The molecule has 4 nitrogen and oxygen atoms in total. The van der Waals surface area contributed by atoms with Crippen molar-refractivity contribution in [3.05, 3.63) is 76.3 Å². The molecule has 6 heteroatoms. The maximum Gasteiger partial charge on any atom is 0.336 e. The van der Waals surface area contributed by atoms with Gasteiger partial charge in [0.05, 0.1) is 16.1 Å². The van der Waals surface area contributed by atoms with Crippen LogP contribution in [0.25, 0.3) is 33.7 Å². The number of benzene rings is 2. The van der Waals surface area contributed by atoms with Gasteiger partial charge in [-0.2, -0.15) is 0 Å². The zero-order valence-corrected chi connectivity index (χ0v) is 14.8. The average molecular weight is 384 g/mol. The van der Waals surface area contributed by atoms with Crippen LogP contribution in [0, 0.1) is 0 Å². The summed E-state index contributed by atoms with van der Waals surface area (Å²) in [5, 5.41) is 11.1. The molecule has 4 aromatic rings. The molecular weight excluding hydrogens is 373 g/mol. The summed E-state index contributed by atoms with van der Waals surface area (Å²) in [5.74, 6) is -0.00912. The fourth-order valence-electron chi connectivity index (χ4n) is 2.79. The monoisotopic (exact) mass is 383 g/mol. The van der Waals surface area contributed by atoms with E-state index in [0.29, 0.717) is 43.7 Å². The third-order valence-corrected chi connectivity index (χ3v) is 4.55. The number of halogens is 2. The van der Waals surface area contributed by atoms with Crippen molar-refractivity contribution in [1.82, 2.24) is 4.98 Å². The summed E-state index contributed by atoms with van der Waals surface area (Å²) in [6.07, 6.45) is 0. The Kier molecular flexibility index (Phi) is 4.15. The van der Waals surface area contributed by atoms with E-state index in [1.165, 1.54) is 6.07 Å². The van der Waals surface area contributed by atoms with Crippen molar-refractivity contribution >= 4 is 40.1 Å². The van der Waals surface area contributed by atoms with Gasteiger partial charge in [0.1, 0.15) is 11.5 Å². The first-order valence-electron chi connectivity index (χ1n) is 7.71. The van der Waals surface area contributed by atoms with Gasteiger partial charge in [-0.05, 0) is 42.5 Å². The summed E-state index contributed by atoms with van der Waals surface area (Å²) in [6.45, 7) is 0. The predicted octanol–water partition coefficient (Wildman–Crippen LogP) is 6.17. The Morgan fingerprint density at radius 2 is 1.73 bits per heavy atom. The lowest BCUT2D eigenvalue weighted by atomic mass is 10.1. The van der Waals surface area contributed by atoms with Crippen LogP contribution in [0.1, 0.15) is 10.4 Å². The van der Waals surface area contributed by atoms with Crippen LogP contribution in [0.2, 0.25) is 10.0 Å². The molecule has 0 radical (unpaired) electrons. The first-order chi connectivity index (χ1) is 12.5. The van der Waals surface area contributed by atoms with Gasteiger partial charge in [-0.25, -0.2) is 9.78 Å². The highest BCUT2D eigenvalue weighted by Crippen LogP contribution is 2.34. The number of furan rings is 1. The smallest absolute Gasteiger partial charge is 0.336 e. The molecule has 0 saturated carbocycles. The number of nitrogens with zero attached hydrogens (tertiary/aromatic N) is 1. The topological polar surface area (TPSA) is 63.3 Å². The number of hydrogen-bond donors (Lipinski definition) is 1. The van der Waals surface area contributed by atoms with Gasteiger partial charge in [-0.15, -0.1) is 0 Å². The number of carboxylic acids is 1. The van der Waals surface area contributed by atoms with Crippen molar-refractivity contribution < 1.29 is 14.3 Å². The van der Waals surface area contributed by atoms with E-state index in [9.17, 15) is 9.90 Å². The SMILES string of the molecule is O=C(O)c1cc(-c2ccc(-c3ccc(Cl)cc3Cl)o2)nc2ccccc12. The van der Waals surface area contributed by atoms with Crippen LogP contribution in [0.15, 0.2) is 65.1 Å². The van der Waals surface area contributed by atoms with Crippen LogP contribution in [-0.2, 0) is 0 Å². The summed E-state index contributed by atoms with van der Waals surface area (Å²) >= 11 is 12.2. The normalized spacial score (nSPS) is 11.0. The Morgan fingerprint density at radius 1 is 0.962 bits per heavy atom. The van der Waals surface area contributed by atoms with Crippen LogP contribution >= 0.6 is 23.2 Å². The number of carbonyl (C=O) groups is 1. The van der Waals surface area contributed by atoms with E-state index in [0.717, 1.165) is 0 Å². The lowest BCUT2D eigenvalue weighted by Crippen LogP contribution is -1.99. The third kappa shape index (κ3) is 2.94. The summed E-state index contributed by atoms with van der Waals surface area (Å²) in [7, 11) is 0. The molecule has 0 bridgehead atoms. The largest absolute Gasteiger partial charge is 0.478 e. The summed E-state index contributed by atoms with van der Waals surface area (Å²) in [6, 6.07) is 17.2. The molecule has 128 valence electrons. The summed E-state index contributed by atoms with van der Waals surface area (Å²) in [4.78, 5) is 16.1. The number of carboxylic acid groups (broad SMARTS) is 1. The average Bonchev–Trinajstić information content (AvgIpc) is 3.10. The van der Waals surface area contributed by atoms with Crippen molar-refractivity contribution in [2.45, 2.75) is 0 Å². The Labute approximate surface area is 158 Å².